The van der Waals surface area contributed by atoms with Gasteiger partial charge in [0, 0.05) is 44.6 Å². The number of nitrogens with zero attached hydrogens (tertiary/aromatic N) is 2. The van der Waals surface area contributed by atoms with Crippen molar-refractivity contribution >= 4 is 6.09 Å². The quantitative estimate of drug-likeness (QED) is 0.750. The van der Waals surface area contributed by atoms with Gasteiger partial charge in [-0.1, -0.05) is 0 Å². The average molecular weight is 363 g/mol. The second-order valence-electron chi connectivity index (χ2n) is 9.02. The van der Waals surface area contributed by atoms with Crippen LogP contribution in [0.15, 0.2) is 23.7 Å². The van der Waals surface area contributed by atoms with Gasteiger partial charge in [-0.05, 0) is 70.1 Å². The Morgan fingerprint density at radius 1 is 1.19 bits per heavy atom. The number of rotatable bonds is 1. The normalized spacial score (nSPS) is 26.4. The second kappa shape index (κ2) is 7.41. The maximum Gasteiger partial charge on any atom is 0.410 e. The van der Waals surface area contributed by atoms with Crippen LogP contribution >= 0.6 is 0 Å². The summed E-state index contributed by atoms with van der Waals surface area (Å²) in [6, 6.07) is 0. The average Bonchev–Trinajstić information content (AvgIpc) is 3.01. The summed E-state index contributed by atoms with van der Waals surface area (Å²) >= 11 is 0. The Morgan fingerprint density at radius 2 is 1.88 bits per heavy atom. The molecule has 0 aromatic heterocycles. The van der Waals surface area contributed by atoms with E-state index in [4.69, 9.17) is 10.5 Å². The SMILES string of the molecule is CC(C)(C)OC(=O)N1CCC2(CCN(/C=C3\CC/C(=C/N)NC3)CC2)C1. The monoisotopic (exact) mass is 362 g/mol. The van der Waals surface area contributed by atoms with E-state index in [2.05, 4.69) is 16.4 Å². The Balaban J connectivity index is 1.49. The first kappa shape index (κ1) is 18.9. The summed E-state index contributed by atoms with van der Waals surface area (Å²) in [6.45, 7) is 10.5. The van der Waals surface area contributed by atoms with Gasteiger partial charge in [0.2, 0.25) is 0 Å². The lowest BCUT2D eigenvalue weighted by Crippen LogP contribution is -2.41. The molecule has 0 saturated carbocycles. The minimum Gasteiger partial charge on any atom is -0.444 e. The summed E-state index contributed by atoms with van der Waals surface area (Å²) in [6.07, 6.45) is 9.36. The summed E-state index contributed by atoms with van der Waals surface area (Å²) in [5, 5.41) is 3.38. The minimum absolute atomic E-state index is 0.157. The molecule has 0 bridgehead atoms. The molecule has 3 fully saturated rings. The zero-order valence-electron chi connectivity index (χ0n) is 16.5. The van der Waals surface area contributed by atoms with Gasteiger partial charge in [-0.15, -0.1) is 0 Å². The Hall–Kier alpha value is -1.85. The van der Waals surface area contributed by atoms with Gasteiger partial charge < -0.3 is 25.6 Å². The number of hydrogen-bond acceptors (Lipinski definition) is 5. The number of carbonyl (C=O) groups is 1. The summed E-state index contributed by atoms with van der Waals surface area (Å²) in [4.78, 5) is 16.7. The van der Waals surface area contributed by atoms with E-state index in [-0.39, 0.29) is 11.5 Å². The lowest BCUT2D eigenvalue weighted by atomic mass is 9.78. The van der Waals surface area contributed by atoms with Crippen molar-refractivity contribution in [2.45, 2.75) is 58.5 Å². The fourth-order valence-corrected chi connectivity index (χ4v) is 4.16. The van der Waals surface area contributed by atoms with Crippen molar-refractivity contribution in [2.24, 2.45) is 11.1 Å². The molecule has 6 heteroatoms. The first-order valence-electron chi connectivity index (χ1n) is 9.85. The fourth-order valence-electron chi connectivity index (χ4n) is 4.16. The van der Waals surface area contributed by atoms with Crippen LogP contribution in [0.4, 0.5) is 4.79 Å². The topological polar surface area (TPSA) is 70.8 Å². The maximum absolute atomic E-state index is 12.3. The molecule has 26 heavy (non-hydrogen) atoms. The highest BCUT2D eigenvalue weighted by molar-refractivity contribution is 5.68. The highest BCUT2D eigenvalue weighted by Gasteiger charge is 2.42. The Bertz CT molecular complexity index is 571. The number of likely N-dealkylation sites (tertiary alicyclic amines) is 2. The molecular weight excluding hydrogens is 328 g/mol. The smallest absolute Gasteiger partial charge is 0.410 e. The number of piperidine rings is 2. The molecule has 3 N–H and O–H groups in total. The van der Waals surface area contributed by atoms with Gasteiger partial charge in [-0.25, -0.2) is 4.79 Å². The molecule has 3 aliphatic rings. The van der Waals surface area contributed by atoms with Crippen molar-refractivity contribution in [1.29, 1.82) is 0 Å². The van der Waals surface area contributed by atoms with Crippen molar-refractivity contribution in [3.05, 3.63) is 23.7 Å². The van der Waals surface area contributed by atoms with E-state index in [1.165, 1.54) is 5.57 Å². The van der Waals surface area contributed by atoms with Crippen LogP contribution in [-0.2, 0) is 4.74 Å². The molecule has 0 radical (unpaired) electrons. The summed E-state index contributed by atoms with van der Waals surface area (Å²) < 4.78 is 5.54. The first-order chi connectivity index (χ1) is 12.3. The van der Waals surface area contributed by atoms with Gasteiger partial charge >= 0.3 is 6.09 Å². The van der Waals surface area contributed by atoms with Crippen LogP contribution in [0.2, 0.25) is 0 Å². The van der Waals surface area contributed by atoms with Crippen molar-refractivity contribution in [3.63, 3.8) is 0 Å². The van der Waals surface area contributed by atoms with Crippen LogP contribution in [0.1, 0.15) is 52.9 Å². The molecule has 3 aliphatic heterocycles. The molecule has 3 rings (SSSR count). The zero-order valence-corrected chi connectivity index (χ0v) is 16.5. The molecule has 3 heterocycles. The third-order valence-corrected chi connectivity index (χ3v) is 5.77. The van der Waals surface area contributed by atoms with Crippen LogP contribution in [0.3, 0.4) is 0 Å². The Labute approximate surface area is 157 Å². The number of allylic oxidation sites excluding steroid dienone is 1. The molecule has 0 unspecified atom stereocenters. The molecule has 0 aromatic carbocycles. The van der Waals surface area contributed by atoms with Gasteiger partial charge in [-0.3, -0.25) is 0 Å². The van der Waals surface area contributed by atoms with Gasteiger partial charge in [0.05, 0.1) is 0 Å². The molecule has 1 spiro atoms. The van der Waals surface area contributed by atoms with Crippen molar-refractivity contribution in [1.82, 2.24) is 15.1 Å². The fraction of sp³-hybridized carbons (Fsp3) is 0.750. The van der Waals surface area contributed by atoms with E-state index in [0.29, 0.717) is 0 Å². The van der Waals surface area contributed by atoms with Crippen molar-refractivity contribution < 1.29 is 9.53 Å². The molecule has 3 saturated heterocycles. The lowest BCUT2D eigenvalue weighted by Gasteiger charge is -2.39. The van der Waals surface area contributed by atoms with Gasteiger partial charge in [0.1, 0.15) is 5.60 Å². The second-order valence-corrected chi connectivity index (χ2v) is 9.02. The van der Waals surface area contributed by atoms with Crippen LogP contribution in [-0.4, -0.2) is 54.2 Å². The molecule has 146 valence electrons. The van der Waals surface area contributed by atoms with Crippen LogP contribution in [0.5, 0.6) is 0 Å². The number of ether oxygens (including phenoxy) is 1. The van der Waals surface area contributed by atoms with E-state index in [0.717, 1.165) is 70.5 Å². The number of nitrogens with one attached hydrogen (secondary N) is 1. The highest BCUT2D eigenvalue weighted by Crippen LogP contribution is 2.41. The minimum atomic E-state index is -0.421. The molecule has 0 aromatic rings. The molecule has 0 atom stereocenters. The van der Waals surface area contributed by atoms with E-state index in [9.17, 15) is 4.79 Å². The maximum atomic E-state index is 12.3. The molecule has 1 amide bonds. The Morgan fingerprint density at radius 3 is 2.46 bits per heavy atom. The van der Waals surface area contributed by atoms with Crippen LogP contribution in [0.25, 0.3) is 0 Å². The molecule has 0 aliphatic carbocycles. The molecular formula is C20H34N4O2. The summed E-state index contributed by atoms with van der Waals surface area (Å²) in [5.74, 6) is 0. The van der Waals surface area contributed by atoms with Crippen molar-refractivity contribution in [3.8, 4) is 0 Å². The van der Waals surface area contributed by atoms with Crippen LogP contribution in [0, 0.1) is 5.41 Å². The van der Waals surface area contributed by atoms with E-state index in [1.807, 2.05) is 25.7 Å². The molecule has 6 nitrogen and oxygen atoms in total. The van der Waals surface area contributed by atoms with Gasteiger partial charge in [-0.2, -0.15) is 0 Å². The third-order valence-electron chi connectivity index (χ3n) is 5.77. The summed E-state index contributed by atoms with van der Waals surface area (Å²) in [7, 11) is 0. The predicted octanol–water partition coefficient (Wildman–Crippen LogP) is 2.78. The summed E-state index contributed by atoms with van der Waals surface area (Å²) in [5.41, 5.74) is 8.04. The number of hydrogen-bond donors (Lipinski definition) is 2. The predicted molar refractivity (Wildman–Crippen MR) is 103 cm³/mol. The number of nitrogens with two attached hydrogens (primary N) is 1. The van der Waals surface area contributed by atoms with Crippen molar-refractivity contribution in [2.75, 3.05) is 32.7 Å². The van der Waals surface area contributed by atoms with E-state index >= 15 is 0 Å². The number of amides is 1. The highest BCUT2D eigenvalue weighted by atomic mass is 16.6. The van der Waals surface area contributed by atoms with E-state index in [1.54, 1.807) is 6.20 Å². The largest absolute Gasteiger partial charge is 0.444 e. The lowest BCUT2D eigenvalue weighted by molar-refractivity contribution is 0.0255. The van der Waals surface area contributed by atoms with E-state index < -0.39 is 5.60 Å². The van der Waals surface area contributed by atoms with Gasteiger partial charge in [0.25, 0.3) is 0 Å². The first-order valence-corrected chi connectivity index (χ1v) is 9.85. The third kappa shape index (κ3) is 4.65. The van der Waals surface area contributed by atoms with Gasteiger partial charge in [0.15, 0.2) is 0 Å². The number of carbonyl (C=O) groups excluding carboxylic acids is 1. The Kier molecular flexibility index (Phi) is 5.39. The standard InChI is InChI=1S/C20H34N4O2/c1-19(2,3)26-18(25)24-11-8-20(15-24)6-9-23(10-7-20)14-16-4-5-17(12-21)22-13-16/h12,14,22H,4-11,13,15,21H2,1-3H3/b16-14+,17-12-. The zero-order chi connectivity index (χ0) is 18.8. The van der Waals surface area contributed by atoms with Crippen LogP contribution < -0.4 is 11.1 Å².